The molecule has 3 N–H and O–H groups in total. The van der Waals surface area contributed by atoms with Gasteiger partial charge in [0, 0.05) is 22.3 Å². The quantitative estimate of drug-likeness (QED) is 0.169. The first kappa shape index (κ1) is 29.4. The molecule has 216 valence electrons. The summed E-state index contributed by atoms with van der Waals surface area (Å²) in [5, 5.41) is 20.6. The molecule has 4 aromatic rings. The van der Waals surface area contributed by atoms with Crippen molar-refractivity contribution in [3.63, 3.8) is 0 Å². The van der Waals surface area contributed by atoms with Crippen molar-refractivity contribution in [2.24, 2.45) is 0 Å². The number of benzene rings is 4. The predicted octanol–water partition coefficient (Wildman–Crippen LogP) is 5.56. The van der Waals surface area contributed by atoms with Gasteiger partial charge in [-0.1, -0.05) is 84.9 Å². The molecular weight excluding hydrogens is 542 g/mol. The van der Waals surface area contributed by atoms with Gasteiger partial charge >= 0.3 is 5.97 Å². The zero-order chi connectivity index (χ0) is 30.3. The Labute approximate surface area is 249 Å². The summed E-state index contributed by atoms with van der Waals surface area (Å²) in [5.74, 6) is -2.68. The fraction of sp³-hybridized carbons (Fsp3) is 0.167. The SMILES string of the molecule is O=C(/C=C(\C(=O)c1ccc(C(=O)NC[C@@H](O)C(=O)O)cc1)c1ccc2c(c1)CCCC2)c1ccc(-c2ccccc2)cc1. The summed E-state index contributed by atoms with van der Waals surface area (Å²) in [6, 6.07) is 28.9. The first-order chi connectivity index (χ1) is 20.8. The van der Waals surface area contributed by atoms with Gasteiger partial charge in [-0.25, -0.2) is 4.79 Å². The molecule has 0 heterocycles. The van der Waals surface area contributed by atoms with Gasteiger partial charge in [-0.2, -0.15) is 0 Å². The standard InChI is InChI=1S/C36H31NO6/c38-32(26-13-10-25(11-14-26)23-6-2-1-3-7-23)21-31(30-19-12-24-8-4-5-9-29(24)20-30)34(40)27-15-17-28(18-16-27)35(41)37-22-33(39)36(42)43/h1-3,6-7,10-21,33,39H,4-5,8-9,22H2,(H,37,41)(H,42,43)/b31-21-/t33-/m1/s1. The monoisotopic (exact) mass is 573 g/mol. The van der Waals surface area contributed by atoms with E-state index in [1.54, 1.807) is 12.1 Å². The van der Waals surface area contributed by atoms with Crippen LogP contribution in [-0.4, -0.2) is 46.3 Å². The fourth-order valence-electron chi connectivity index (χ4n) is 5.16. The van der Waals surface area contributed by atoms with Crippen LogP contribution in [-0.2, 0) is 17.6 Å². The fourth-order valence-corrected chi connectivity index (χ4v) is 5.16. The first-order valence-electron chi connectivity index (χ1n) is 14.2. The number of hydrogen-bond acceptors (Lipinski definition) is 5. The molecule has 0 bridgehead atoms. The Morgan fingerprint density at radius 2 is 1.28 bits per heavy atom. The third-order valence-corrected chi connectivity index (χ3v) is 7.61. The molecule has 0 saturated heterocycles. The topological polar surface area (TPSA) is 121 Å². The number of rotatable bonds is 10. The Bertz CT molecular complexity index is 1690. The number of aliphatic hydroxyl groups is 1. The van der Waals surface area contributed by atoms with Gasteiger partial charge in [0.2, 0.25) is 0 Å². The van der Waals surface area contributed by atoms with Crippen LogP contribution in [0.3, 0.4) is 0 Å². The van der Waals surface area contributed by atoms with Crippen molar-refractivity contribution >= 4 is 29.0 Å². The van der Waals surface area contributed by atoms with Crippen LogP contribution in [0.4, 0.5) is 0 Å². The van der Waals surface area contributed by atoms with E-state index in [0.29, 0.717) is 16.7 Å². The Balaban J connectivity index is 1.43. The van der Waals surface area contributed by atoms with E-state index in [0.717, 1.165) is 36.8 Å². The van der Waals surface area contributed by atoms with E-state index in [4.69, 9.17) is 5.11 Å². The third-order valence-electron chi connectivity index (χ3n) is 7.61. The van der Waals surface area contributed by atoms with Gasteiger partial charge in [0.1, 0.15) is 0 Å². The number of hydrogen-bond donors (Lipinski definition) is 3. The highest BCUT2D eigenvalue weighted by molar-refractivity contribution is 6.32. The molecule has 4 aromatic carbocycles. The Morgan fingerprint density at radius 3 is 1.95 bits per heavy atom. The number of Topliss-reactive ketones (excluding diaryl/α,β-unsaturated/α-hetero) is 1. The van der Waals surface area contributed by atoms with Gasteiger partial charge < -0.3 is 15.5 Å². The number of ketones is 2. The Hall–Kier alpha value is -5.14. The largest absolute Gasteiger partial charge is 0.479 e. The molecule has 0 aromatic heterocycles. The lowest BCUT2D eigenvalue weighted by Gasteiger charge is -2.17. The highest BCUT2D eigenvalue weighted by Crippen LogP contribution is 2.28. The molecule has 0 spiro atoms. The van der Waals surface area contributed by atoms with Crippen LogP contribution < -0.4 is 5.32 Å². The number of aliphatic hydroxyl groups excluding tert-OH is 1. The maximum atomic E-state index is 13.9. The van der Waals surface area contributed by atoms with E-state index in [9.17, 15) is 24.3 Å². The van der Waals surface area contributed by atoms with Crippen LogP contribution >= 0.6 is 0 Å². The smallest absolute Gasteiger partial charge is 0.334 e. The third kappa shape index (κ3) is 7.02. The molecule has 1 amide bonds. The molecule has 0 radical (unpaired) electrons. The second kappa shape index (κ2) is 13.2. The van der Waals surface area contributed by atoms with Crippen LogP contribution in [0, 0.1) is 0 Å². The number of amides is 1. The summed E-state index contributed by atoms with van der Waals surface area (Å²) in [5.41, 5.74) is 6.31. The van der Waals surface area contributed by atoms with E-state index in [2.05, 4.69) is 5.32 Å². The predicted molar refractivity (Wildman–Crippen MR) is 164 cm³/mol. The molecule has 1 aliphatic rings. The summed E-state index contributed by atoms with van der Waals surface area (Å²) < 4.78 is 0. The maximum absolute atomic E-state index is 13.9. The zero-order valence-corrected chi connectivity index (χ0v) is 23.5. The molecule has 43 heavy (non-hydrogen) atoms. The van der Waals surface area contributed by atoms with Crippen molar-refractivity contribution in [1.29, 1.82) is 0 Å². The number of nitrogens with one attached hydrogen (secondary N) is 1. The molecule has 1 aliphatic carbocycles. The summed E-state index contributed by atoms with van der Waals surface area (Å²) in [6.45, 7) is -0.450. The minimum absolute atomic E-state index is 0.197. The van der Waals surface area contributed by atoms with Gasteiger partial charge in [0.25, 0.3) is 5.91 Å². The Kier molecular flexibility index (Phi) is 9.03. The van der Waals surface area contributed by atoms with Crippen molar-refractivity contribution in [1.82, 2.24) is 5.32 Å². The molecule has 0 aliphatic heterocycles. The number of allylic oxidation sites excluding steroid dienone is 2. The van der Waals surface area contributed by atoms with Crippen molar-refractivity contribution in [3.8, 4) is 11.1 Å². The van der Waals surface area contributed by atoms with Crippen molar-refractivity contribution in [3.05, 3.63) is 137 Å². The molecular formula is C36H31NO6. The van der Waals surface area contributed by atoms with Gasteiger partial charge in [-0.3, -0.25) is 14.4 Å². The van der Waals surface area contributed by atoms with Crippen LogP contribution in [0.15, 0.2) is 103 Å². The minimum Gasteiger partial charge on any atom is -0.479 e. The van der Waals surface area contributed by atoms with Gasteiger partial charge in [-0.05, 0) is 71.7 Å². The molecule has 0 unspecified atom stereocenters. The molecule has 1 atom stereocenters. The first-order valence-corrected chi connectivity index (χ1v) is 14.2. The van der Waals surface area contributed by atoms with Crippen LogP contribution in [0.5, 0.6) is 0 Å². The number of carbonyl (C=O) groups is 4. The Morgan fingerprint density at radius 1 is 0.698 bits per heavy atom. The number of carboxylic acid groups (broad SMARTS) is 1. The van der Waals surface area contributed by atoms with Gasteiger partial charge in [0.15, 0.2) is 17.7 Å². The molecule has 5 rings (SSSR count). The summed E-state index contributed by atoms with van der Waals surface area (Å²) in [7, 11) is 0. The minimum atomic E-state index is -1.72. The van der Waals surface area contributed by atoms with E-state index in [1.165, 1.54) is 41.5 Å². The lowest BCUT2D eigenvalue weighted by molar-refractivity contribution is -0.146. The van der Waals surface area contributed by atoms with Crippen molar-refractivity contribution in [2.75, 3.05) is 6.54 Å². The van der Waals surface area contributed by atoms with E-state index in [1.807, 2.05) is 60.7 Å². The summed E-state index contributed by atoms with van der Waals surface area (Å²) >= 11 is 0. The van der Waals surface area contributed by atoms with Crippen LogP contribution in [0.2, 0.25) is 0 Å². The average molecular weight is 574 g/mol. The number of carboxylic acids is 1. The van der Waals surface area contributed by atoms with Crippen LogP contribution in [0.25, 0.3) is 16.7 Å². The van der Waals surface area contributed by atoms with E-state index in [-0.39, 0.29) is 22.7 Å². The molecule has 0 saturated carbocycles. The van der Waals surface area contributed by atoms with E-state index < -0.39 is 24.5 Å². The highest BCUT2D eigenvalue weighted by Gasteiger charge is 2.20. The molecule has 0 fully saturated rings. The lowest BCUT2D eigenvalue weighted by Crippen LogP contribution is -2.36. The number of aryl methyl sites for hydroxylation is 2. The number of fused-ring (bicyclic) bond motifs is 1. The number of aliphatic carboxylic acids is 1. The highest BCUT2D eigenvalue weighted by atomic mass is 16.4. The maximum Gasteiger partial charge on any atom is 0.334 e. The lowest BCUT2D eigenvalue weighted by atomic mass is 9.87. The zero-order valence-electron chi connectivity index (χ0n) is 23.5. The summed E-state index contributed by atoms with van der Waals surface area (Å²) in [4.78, 5) is 50.6. The normalized spacial score (nSPS) is 13.5. The average Bonchev–Trinajstić information content (AvgIpc) is 3.05. The molecule has 7 heteroatoms. The van der Waals surface area contributed by atoms with Crippen molar-refractivity contribution < 1.29 is 29.4 Å². The number of carbonyl (C=O) groups excluding carboxylic acids is 3. The molecule has 7 nitrogen and oxygen atoms in total. The van der Waals surface area contributed by atoms with Gasteiger partial charge in [0.05, 0.1) is 6.54 Å². The second-order valence-electron chi connectivity index (χ2n) is 10.5. The van der Waals surface area contributed by atoms with Crippen LogP contribution in [0.1, 0.15) is 60.6 Å². The summed E-state index contributed by atoms with van der Waals surface area (Å²) in [6.07, 6.45) is 3.77. The van der Waals surface area contributed by atoms with E-state index >= 15 is 0 Å². The van der Waals surface area contributed by atoms with Gasteiger partial charge in [-0.15, -0.1) is 0 Å². The second-order valence-corrected chi connectivity index (χ2v) is 10.5. The van der Waals surface area contributed by atoms with Crippen molar-refractivity contribution in [2.45, 2.75) is 31.8 Å².